The number of piperidine rings is 1. The smallest absolute Gasteiger partial charge is 0.137 e. The SMILES string of the molecule is C=CCc1ccccc1OC[C@H](O)C[NH+]1CCCCC1. The summed E-state index contributed by atoms with van der Waals surface area (Å²) >= 11 is 0. The van der Waals surface area contributed by atoms with Crippen LogP contribution in [-0.4, -0.2) is 37.5 Å². The lowest BCUT2D eigenvalue weighted by Gasteiger charge is -2.25. The molecule has 1 aliphatic rings. The van der Waals surface area contributed by atoms with Crippen molar-refractivity contribution in [2.75, 3.05) is 26.2 Å². The van der Waals surface area contributed by atoms with Crippen LogP contribution in [0.15, 0.2) is 36.9 Å². The van der Waals surface area contributed by atoms with Gasteiger partial charge in [-0.2, -0.15) is 0 Å². The van der Waals surface area contributed by atoms with E-state index >= 15 is 0 Å². The molecule has 0 saturated carbocycles. The second-order valence-corrected chi connectivity index (χ2v) is 5.58. The Balaban J connectivity index is 1.80. The number of ether oxygens (including phenoxy) is 1. The summed E-state index contributed by atoms with van der Waals surface area (Å²) < 4.78 is 5.78. The quantitative estimate of drug-likeness (QED) is 0.734. The Labute approximate surface area is 121 Å². The van der Waals surface area contributed by atoms with Crippen LogP contribution in [0.25, 0.3) is 0 Å². The number of hydrogen-bond donors (Lipinski definition) is 2. The zero-order valence-corrected chi connectivity index (χ0v) is 12.2. The third kappa shape index (κ3) is 4.66. The molecule has 2 rings (SSSR count). The van der Waals surface area contributed by atoms with Crippen LogP contribution in [0.1, 0.15) is 24.8 Å². The Kier molecular flexibility index (Phi) is 6.09. The predicted molar refractivity (Wildman–Crippen MR) is 81.3 cm³/mol. The molecule has 0 unspecified atom stereocenters. The highest BCUT2D eigenvalue weighted by Gasteiger charge is 2.18. The van der Waals surface area contributed by atoms with Gasteiger partial charge in [0.25, 0.3) is 0 Å². The third-order valence-electron chi connectivity index (χ3n) is 3.85. The van der Waals surface area contributed by atoms with E-state index in [4.69, 9.17) is 4.74 Å². The van der Waals surface area contributed by atoms with E-state index in [-0.39, 0.29) is 6.10 Å². The Hall–Kier alpha value is -1.32. The average molecular weight is 276 g/mol. The van der Waals surface area contributed by atoms with Gasteiger partial charge in [0, 0.05) is 0 Å². The molecule has 1 aromatic carbocycles. The van der Waals surface area contributed by atoms with E-state index in [1.165, 1.54) is 37.3 Å². The maximum absolute atomic E-state index is 10.1. The monoisotopic (exact) mass is 276 g/mol. The van der Waals surface area contributed by atoms with E-state index < -0.39 is 0 Å². The summed E-state index contributed by atoms with van der Waals surface area (Å²) in [4.78, 5) is 1.51. The number of nitrogens with one attached hydrogen (secondary N) is 1. The number of allylic oxidation sites excluding steroid dienone is 1. The summed E-state index contributed by atoms with van der Waals surface area (Å²) in [5.74, 6) is 0.861. The summed E-state index contributed by atoms with van der Waals surface area (Å²) in [5.41, 5.74) is 1.13. The molecule has 20 heavy (non-hydrogen) atoms. The highest BCUT2D eigenvalue weighted by Crippen LogP contribution is 2.18. The van der Waals surface area contributed by atoms with Crippen molar-refractivity contribution >= 4 is 0 Å². The molecule has 3 heteroatoms. The Morgan fingerprint density at radius 1 is 1.25 bits per heavy atom. The first kappa shape index (κ1) is 15.1. The van der Waals surface area contributed by atoms with Crippen LogP contribution >= 0.6 is 0 Å². The maximum atomic E-state index is 10.1. The topological polar surface area (TPSA) is 33.9 Å². The Morgan fingerprint density at radius 3 is 2.75 bits per heavy atom. The number of likely N-dealkylation sites (tertiary alicyclic amines) is 1. The van der Waals surface area contributed by atoms with Crippen LogP contribution in [-0.2, 0) is 6.42 Å². The molecule has 1 aromatic rings. The van der Waals surface area contributed by atoms with Gasteiger partial charge in [0.05, 0.1) is 13.1 Å². The van der Waals surface area contributed by atoms with E-state index in [2.05, 4.69) is 6.58 Å². The molecule has 0 aliphatic carbocycles. The lowest BCUT2D eigenvalue weighted by Crippen LogP contribution is -3.14. The lowest BCUT2D eigenvalue weighted by molar-refractivity contribution is -0.908. The molecule has 110 valence electrons. The summed E-state index contributed by atoms with van der Waals surface area (Å²) in [7, 11) is 0. The number of aliphatic hydroxyl groups excluding tert-OH is 1. The minimum absolute atomic E-state index is 0.373. The van der Waals surface area contributed by atoms with Gasteiger partial charge < -0.3 is 14.7 Å². The zero-order chi connectivity index (χ0) is 14.2. The summed E-state index contributed by atoms with van der Waals surface area (Å²) in [6, 6.07) is 7.96. The van der Waals surface area contributed by atoms with Crippen molar-refractivity contribution in [1.29, 1.82) is 0 Å². The van der Waals surface area contributed by atoms with Crippen molar-refractivity contribution in [3.63, 3.8) is 0 Å². The molecule has 1 atom stereocenters. The molecule has 1 saturated heterocycles. The van der Waals surface area contributed by atoms with Gasteiger partial charge in [-0.25, -0.2) is 0 Å². The number of rotatable bonds is 7. The number of para-hydroxylation sites is 1. The molecule has 0 amide bonds. The largest absolute Gasteiger partial charge is 0.490 e. The second-order valence-electron chi connectivity index (χ2n) is 5.58. The van der Waals surface area contributed by atoms with Crippen molar-refractivity contribution < 1.29 is 14.7 Å². The van der Waals surface area contributed by atoms with E-state index in [1.807, 2.05) is 30.3 Å². The van der Waals surface area contributed by atoms with Crippen LogP contribution in [0.5, 0.6) is 5.75 Å². The Bertz CT molecular complexity index is 413. The molecule has 3 nitrogen and oxygen atoms in total. The molecule has 0 bridgehead atoms. The maximum Gasteiger partial charge on any atom is 0.137 e. The fourth-order valence-electron chi connectivity index (χ4n) is 2.80. The van der Waals surface area contributed by atoms with Crippen LogP contribution < -0.4 is 9.64 Å². The van der Waals surface area contributed by atoms with Gasteiger partial charge in [-0.3, -0.25) is 0 Å². The van der Waals surface area contributed by atoms with Crippen LogP contribution in [0, 0.1) is 0 Å². The van der Waals surface area contributed by atoms with E-state index in [9.17, 15) is 5.11 Å². The molecule has 2 N–H and O–H groups in total. The number of benzene rings is 1. The molecule has 1 fully saturated rings. The van der Waals surface area contributed by atoms with Crippen molar-refractivity contribution in [1.82, 2.24) is 0 Å². The normalized spacial score (nSPS) is 17.6. The van der Waals surface area contributed by atoms with Crippen LogP contribution in [0.2, 0.25) is 0 Å². The van der Waals surface area contributed by atoms with Crippen LogP contribution in [0.4, 0.5) is 0 Å². The molecule has 1 aliphatic heterocycles. The fraction of sp³-hybridized carbons (Fsp3) is 0.529. The Morgan fingerprint density at radius 2 is 2.00 bits per heavy atom. The van der Waals surface area contributed by atoms with Gasteiger partial charge in [-0.1, -0.05) is 24.3 Å². The zero-order valence-electron chi connectivity index (χ0n) is 12.2. The predicted octanol–water partition coefficient (Wildman–Crippen LogP) is 1.22. The highest BCUT2D eigenvalue weighted by atomic mass is 16.5. The first-order valence-corrected chi connectivity index (χ1v) is 7.63. The average Bonchev–Trinajstić information content (AvgIpc) is 2.48. The molecular formula is C17H26NO2+. The summed E-state index contributed by atoms with van der Waals surface area (Å²) in [6.07, 6.45) is 6.18. The van der Waals surface area contributed by atoms with Crippen molar-refractivity contribution in [2.24, 2.45) is 0 Å². The highest BCUT2D eigenvalue weighted by molar-refractivity contribution is 5.34. The number of quaternary nitrogens is 1. The molecule has 0 spiro atoms. The third-order valence-corrected chi connectivity index (χ3v) is 3.85. The standard InChI is InChI=1S/C17H25NO2/c1-2-8-15-9-4-5-10-17(15)20-14-16(19)13-18-11-6-3-7-12-18/h2,4-5,9-10,16,19H,1,3,6-8,11-14H2/p+1/t16-/m1/s1. The van der Waals surface area contributed by atoms with Gasteiger partial charge in [0.2, 0.25) is 0 Å². The van der Waals surface area contributed by atoms with E-state index in [0.29, 0.717) is 6.61 Å². The minimum atomic E-state index is -0.389. The van der Waals surface area contributed by atoms with E-state index in [0.717, 1.165) is 24.3 Å². The van der Waals surface area contributed by atoms with Gasteiger partial charge in [-0.05, 0) is 37.3 Å². The molecule has 0 aromatic heterocycles. The van der Waals surface area contributed by atoms with Crippen LogP contribution in [0.3, 0.4) is 0 Å². The van der Waals surface area contributed by atoms with Crippen molar-refractivity contribution in [3.05, 3.63) is 42.5 Å². The molecule has 0 radical (unpaired) electrons. The number of hydrogen-bond acceptors (Lipinski definition) is 2. The molecular weight excluding hydrogens is 250 g/mol. The van der Waals surface area contributed by atoms with E-state index in [1.54, 1.807) is 0 Å². The van der Waals surface area contributed by atoms with Gasteiger partial charge in [-0.15, -0.1) is 6.58 Å². The van der Waals surface area contributed by atoms with Gasteiger partial charge in [0.1, 0.15) is 25.0 Å². The van der Waals surface area contributed by atoms with Gasteiger partial charge in [0.15, 0.2) is 0 Å². The lowest BCUT2D eigenvalue weighted by atomic mass is 10.1. The first-order valence-electron chi connectivity index (χ1n) is 7.63. The van der Waals surface area contributed by atoms with Crippen molar-refractivity contribution in [3.8, 4) is 5.75 Å². The summed E-state index contributed by atoms with van der Waals surface area (Å²) in [6.45, 7) is 7.30. The van der Waals surface area contributed by atoms with Gasteiger partial charge >= 0.3 is 0 Å². The number of aliphatic hydroxyl groups is 1. The minimum Gasteiger partial charge on any atom is -0.490 e. The first-order chi connectivity index (χ1) is 9.79. The fourth-order valence-corrected chi connectivity index (χ4v) is 2.80. The summed E-state index contributed by atoms with van der Waals surface area (Å²) in [5, 5.41) is 10.1. The van der Waals surface area contributed by atoms with Crippen molar-refractivity contribution in [2.45, 2.75) is 31.8 Å². The second kappa shape index (κ2) is 8.08. The molecule has 1 heterocycles.